The molecule has 1 unspecified atom stereocenters. The van der Waals surface area contributed by atoms with Gasteiger partial charge in [-0.15, -0.1) is 0 Å². The topological polar surface area (TPSA) is 40.9 Å². The van der Waals surface area contributed by atoms with Crippen LogP contribution in [-0.4, -0.2) is 15.2 Å². The van der Waals surface area contributed by atoms with Crippen LogP contribution in [0.1, 0.15) is 19.3 Å². The fraction of sp³-hybridized carbons (Fsp3) is 1.00. The Balaban J connectivity index is 2.33. The summed E-state index contributed by atoms with van der Waals surface area (Å²) in [6.45, 7) is 0. The van der Waals surface area contributed by atoms with Gasteiger partial charge in [-0.3, -0.25) is 4.78 Å². The van der Waals surface area contributed by atoms with Crippen LogP contribution in [0.15, 0.2) is 0 Å². The van der Waals surface area contributed by atoms with Crippen molar-refractivity contribution in [3.63, 3.8) is 0 Å². The third kappa shape index (κ3) is 0.491. The molecule has 0 amide bonds. The monoisotopic (exact) mass is 145 g/mol. The minimum absolute atomic E-state index is 0.00231. The van der Waals surface area contributed by atoms with Gasteiger partial charge < -0.3 is 0 Å². The van der Waals surface area contributed by atoms with Gasteiger partial charge in [-0.05, 0) is 25.2 Å². The Kier molecular flexibility index (Phi) is 0.757. The van der Waals surface area contributed by atoms with E-state index in [1.165, 1.54) is 0 Å². The van der Waals surface area contributed by atoms with Gasteiger partial charge in [0.05, 0.1) is 4.75 Å². The lowest BCUT2D eigenvalue weighted by Gasteiger charge is -2.61. The zero-order chi connectivity index (χ0) is 6.70. The minimum atomic E-state index is -2.20. The van der Waals surface area contributed by atoms with Crippen LogP contribution in [-0.2, 0) is 9.73 Å². The summed E-state index contributed by atoms with van der Waals surface area (Å²) in [5.74, 6) is 0.844. The summed E-state index contributed by atoms with van der Waals surface area (Å²) in [4.78, 5) is 0. The van der Waals surface area contributed by atoms with Crippen LogP contribution >= 0.6 is 0 Å². The van der Waals surface area contributed by atoms with Crippen LogP contribution < -0.4 is 0 Å². The van der Waals surface area contributed by atoms with E-state index in [2.05, 4.69) is 0 Å². The summed E-state index contributed by atoms with van der Waals surface area (Å²) in [6, 6.07) is 0. The number of nitrogens with one attached hydrogen (secondary N) is 1. The van der Waals surface area contributed by atoms with E-state index < -0.39 is 9.73 Å². The van der Waals surface area contributed by atoms with Crippen molar-refractivity contribution in [3.05, 3.63) is 0 Å². The maximum atomic E-state index is 11.2. The number of rotatable bonds is 1. The summed E-state index contributed by atoms with van der Waals surface area (Å²) in [7, 11) is -2.20. The Bertz CT molecular complexity index is 225. The third-order valence-corrected chi connectivity index (χ3v) is 4.96. The molecule has 0 spiro atoms. The highest BCUT2D eigenvalue weighted by Crippen LogP contribution is 2.61. The summed E-state index contributed by atoms with van der Waals surface area (Å²) in [6.07, 6.45) is 4.81. The molecule has 1 N–H and O–H groups in total. The fourth-order valence-electron chi connectivity index (χ4n) is 1.88. The van der Waals surface area contributed by atoms with Gasteiger partial charge in [0.2, 0.25) is 0 Å². The Labute approximate surface area is 55.6 Å². The average molecular weight is 145 g/mol. The van der Waals surface area contributed by atoms with Crippen molar-refractivity contribution in [1.29, 1.82) is 4.78 Å². The Morgan fingerprint density at radius 1 is 1.56 bits per heavy atom. The molecular formula is C6H11NOS. The van der Waals surface area contributed by atoms with Gasteiger partial charge >= 0.3 is 0 Å². The number of hydrogen-bond donors (Lipinski definition) is 1. The lowest BCUT2D eigenvalue weighted by molar-refractivity contribution is 0.0518. The van der Waals surface area contributed by atoms with E-state index in [1.807, 2.05) is 0 Å². The predicted molar refractivity (Wildman–Crippen MR) is 36.9 cm³/mol. The van der Waals surface area contributed by atoms with Gasteiger partial charge in [-0.25, -0.2) is 4.21 Å². The molecular weight excluding hydrogens is 134 g/mol. The van der Waals surface area contributed by atoms with Crippen LogP contribution in [0.25, 0.3) is 0 Å². The zero-order valence-corrected chi connectivity index (χ0v) is 6.33. The Morgan fingerprint density at radius 2 is 2.00 bits per heavy atom. The molecule has 0 radical (unpaired) electrons. The lowest BCUT2D eigenvalue weighted by atomic mass is 9.55. The van der Waals surface area contributed by atoms with E-state index in [-0.39, 0.29) is 4.75 Å². The molecule has 0 aromatic heterocycles. The van der Waals surface area contributed by atoms with Crippen molar-refractivity contribution in [1.82, 2.24) is 0 Å². The van der Waals surface area contributed by atoms with Gasteiger partial charge in [-0.1, -0.05) is 0 Å². The van der Waals surface area contributed by atoms with Crippen molar-refractivity contribution >= 4 is 9.73 Å². The van der Waals surface area contributed by atoms with Crippen LogP contribution in [0.2, 0.25) is 0 Å². The van der Waals surface area contributed by atoms with E-state index in [9.17, 15) is 4.21 Å². The molecule has 3 heteroatoms. The molecule has 0 saturated heterocycles. The highest BCUT2D eigenvalue weighted by Gasteiger charge is 2.61. The fourth-order valence-corrected chi connectivity index (χ4v) is 3.54. The maximum absolute atomic E-state index is 11.2. The van der Waals surface area contributed by atoms with E-state index in [1.54, 1.807) is 6.26 Å². The summed E-state index contributed by atoms with van der Waals surface area (Å²) in [5, 5.41) is 0. The summed E-state index contributed by atoms with van der Waals surface area (Å²) >= 11 is 0. The van der Waals surface area contributed by atoms with Crippen molar-refractivity contribution < 1.29 is 4.21 Å². The third-order valence-electron chi connectivity index (χ3n) is 2.81. The van der Waals surface area contributed by atoms with Crippen LogP contribution in [0.3, 0.4) is 0 Å². The molecule has 2 nitrogen and oxygen atoms in total. The first-order chi connectivity index (χ1) is 4.04. The first-order valence-electron chi connectivity index (χ1n) is 3.27. The summed E-state index contributed by atoms with van der Waals surface area (Å²) < 4.78 is 18.5. The average Bonchev–Trinajstić information content (AvgIpc) is 1.08. The van der Waals surface area contributed by atoms with Crippen molar-refractivity contribution in [2.24, 2.45) is 5.92 Å². The van der Waals surface area contributed by atoms with Gasteiger partial charge in [0.15, 0.2) is 0 Å². The van der Waals surface area contributed by atoms with Gasteiger partial charge in [0.25, 0.3) is 0 Å². The number of hydrogen-bond acceptors (Lipinski definition) is 2. The second-order valence-electron chi connectivity index (χ2n) is 3.51. The smallest absolute Gasteiger partial charge is 0.0544 e. The van der Waals surface area contributed by atoms with E-state index in [0.717, 1.165) is 25.2 Å². The predicted octanol–water partition coefficient (Wildman–Crippen LogP) is 1.22. The molecule has 0 aromatic carbocycles. The molecule has 1 atom stereocenters. The molecule has 0 heterocycles. The van der Waals surface area contributed by atoms with Crippen molar-refractivity contribution in [3.8, 4) is 0 Å². The Morgan fingerprint density at radius 3 is 2.00 bits per heavy atom. The standard InChI is InChI=1S/C6H11NOS/c1-9(7,8)6-2-5(3-6)4-6/h5,7H,2-4H2,1H3. The molecule has 0 aromatic rings. The zero-order valence-electron chi connectivity index (χ0n) is 5.52. The van der Waals surface area contributed by atoms with E-state index >= 15 is 0 Å². The quantitative estimate of drug-likeness (QED) is 0.592. The van der Waals surface area contributed by atoms with E-state index in [4.69, 9.17) is 4.78 Å². The Hall–Kier alpha value is -0.0500. The SMILES string of the molecule is CS(=N)(=O)C12CC(C1)C2. The highest BCUT2D eigenvalue weighted by molar-refractivity contribution is 7.93. The van der Waals surface area contributed by atoms with Crippen molar-refractivity contribution in [2.75, 3.05) is 6.26 Å². The van der Waals surface area contributed by atoms with Gasteiger partial charge in [0.1, 0.15) is 0 Å². The van der Waals surface area contributed by atoms with Crippen LogP contribution in [0.4, 0.5) is 0 Å². The largest absolute Gasteiger partial charge is 0.253 e. The molecule has 3 rings (SSSR count). The lowest BCUT2D eigenvalue weighted by Crippen LogP contribution is -2.62. The highest BCUT2D eigenvalue weighted by atomic mass is 32.2. The molecule has 3 fully saturated rings. The van der Waals surface area contributed by atoms with Crippen LogP contribution in [0, 0.1) is 10.7 Å². The normalized spacial score (nSPS) is 52.8. The van der Waals surface area contributed by atoms with Gasteiger partial charge in [0, 0.05) is 16.0 Å². The summed E-state index contributed by atoms with van der Waals surface area (Å²) in [5.41, 5.74) is 0. The second kappa shape index (κ2) is 1.19. The minimum Gasteiger partial charge on any atom is -0.253 e. The molecule has 52 valence electrons. The maximum Gasteiger partial charge on any atom is 0.0544 e. The first-order valence-corrected chi connectivity index (χ1v) is 5.23. The first kappa shape index (κ1) is 5.71. The second-order valence-corrected chi connectivity index (χ2v) is 6.06. The molecule has 3 saturated carbocycles. The van der Waals surface area contributed by atoms with E-state index in [0.29, 0.717) is 0 Å². The molecule has 3 aliphatic rings. The van der Waals surface area contributed by atoms with Crippen molar-refractivity contribution in [2.45, 2.75) is 24.0 Å². The molecule has 9 heavy (non-hydrogen) atoms. The molecule has 0 aliphatic heterocycles. The molecule has 3 aliphatic carbocycles. The molecule has 2 bridgehead atoms. The van der Waals surface area contributed by atoms with Crippen LogP contribution in [0.5, 0.6) is 0 Å². The van der Waals surface area contributed by atoms with Gasteiger partial charge in [-0.2, -0.15) is 0 Å².